The zero-order valence-corrected chi connectivity index (χ0v) is 21.1. The van der Waals surface area contributed by atoms with Crippen LogP contribution in [-0.2, 0) is 10.2 Å². The van der Waals surface area contributed by atoms with Crippen molar-refractivity contribution < 1.29 is 9.53 Å². The summed E-state index contributed by atoms with van der Waals surface area (Å²) in [5, 5.41) is 9.67. The molecule has 0 bridgehead atoms. The van der Waals surface area contributed by atoms with Gasteiger partial charge in [-0.25, -0.2) is 9.78 Å². The number of esters is 1. The second-order valence-corrected chi connectivity index (χ2v) is 8.82. The molecule has 28 heavy (non-hydrogen) atoms. The van der Waals surface area contributed by atoms with Crippen molar-refractivity contribution in [3.8, 4) is 0 Å². The third-order valence-electron chi connectivity index (χ3n) is 4.11. The molecule has 0 amide bonds. The Hall–Kier alpha value is -1.20. The Labute approximate surface area is 192 Å². The number of hydrogen-bond acceptors (Lipinski definition) is 6. The van der Waals surface area contributed by atoms with Crippen LogP contribution in [0.25, 0.3) is 0 Å². The minimum Gasteiger partial charge on any atom is -0.462 e. The lowest BCUT2D eigenvalue weighted by atomic mass is 9.91. The van der Waals surface area contributed by atoms with E-state index in [-0.39, 0.29) is 41.4 Å². The van der Waals surface area contributed by atoms with Gasteiger partial charge in [0.15, 0.2) is 5.96 Å². The number of aromatic nitrogens is 1. The summed E-state index contributed by atoms with van der Waals surface area (Å²) in [6.45, 7) is 11.2. The van der Waals surface area contributed by atoms with Crippen molar-refractivity contribution in [1.82, 2.24) is 15.6 Å². The van der Waals surface area contributed by atoms with Crippen LogP contribution >= 0.6 is 46.7 Å². The average molecular weight is 537 g/mol. The fourth-order valence-electron chi connectivity index (χ4n) is 2.51. The van der Waals surface area contributed by atoms with Gasteiger partial charge in [0.1, 0.15) is 9.88 Å². The summed E-state index contributed by atoms with van der Waals surface area (Å²) >= 11 is 3.12. The summed E-state index contributed by atoms with van der Waals surface area (Å²) in [5.74, 6) is 0.392. The minimum atomic E-state index is -0.314. The highest BCUT2D eigenvalue weighted by Crippen LogP contribution is 2.27. The normalized spacial score (nSPS) is 12.9. The quantitative estimate of drug-likeness (QED) is 0.236. The van der Waals surface area contributed by atoms with E-state index in [1.807, 2.05) is 13.8 Å². The summed E-state index contributed by atoms with van der Waals surface area (Å²) in [7, 11) is 1.75. The first-order chi connectivity index (χ1) is 12.8. The average Bonchev–Trinajstić information content (AvgIpc) is 3.28. The molecule has 6 nitrogen and oxygen atoms in total. The van der Waals surface area contributed by atoms with Gasteiger partial charge >= 0.3 is 5.97 Å². The van der Waals surface area contributed by atoms with Gasteiger partial charge in [0.05, 0.1) is 18.3 Å². The van der Waals surface area contributed by atoms with E-state index in [0.717, 1.165) is 11.6 Å². The van der Waals surface area contributed by atoms with E-state index >= 15 is 0 Å². The van der Waals surface area contributed by atoms with Gasteiger partial charge in [-0.05, 0) is 32.2 Å². The molecule has 0 radical (unpaired) electrons. The Kier molecular flexibility index (Phi) is 9.85. The van der Waals surface area contributed by atoms with E-state index in [2.05, 4.69) is 52.0 Å². The second-order valence-electron chi connectivity index (χ2n) is 6.84. The van der Waals surface area contributed by atoms with Gasteiger partial charge in [0, 0.05) is 23.9 Å². The number of halogens is 1. The highest BCUT2D eigenvalue weighted by Gasteiger charge is 2.23. The number of aryl methyl sites for hydroxylation is 1. The maximum absolute atomic E-state index is 12.0. The van der Waals surface area contributed by atoms with Crippen molar-refractivity contribution in [2.24, 2.45) is 4.99 Å². The van der Waals surface area contributed by atoms with Crippen molar-refractivity contribution >= 4 is 58.6 Å². The molecule has 0 saturated heterocycles. The lowest BCUT2D eigenvalue weighted by molar-refractivity contribution is 0.0531. The zero-order valence-electron chi connectivity index (χ0n) is 17.2. The molecule has 1 atom stereocenters. The molecule has 0 aromatic carbocycles. The minimum absolute atomic E-state index is 0. The number of thiazole rings is 1. The van der Waals surface area contributed by atoms with Gasteiger partial charge < -0.3 is 15.4 Å². The molecule has 0 spiro atoms. The van der Waals surface area contributed by atoms with E-state index < -0.39 is 0 Å². The van der Waals surface area contributed by atoms with E-state index in [0.29, 0.717) is 23.1 Å². The maximum Gasteiger partial charge on any atom is 0.350 e. The Morgan fingerprint density at radius 3 is 2.71 bits per heavy atom. The van der Waals surface area contributed by atoms with Crippen molar-refractivity contribution in [3.05, 3.63) is 38.0 Å². The standard InChI is InChI=1S/C19H28N4O2S2.HI/c1-7-25-17(24)15-12(2)22-16(27-15)13(3)23-18(20-6)21-11-19(4,5)14-9-8-10-26-14;/h8-10,13H,7,11H2,1-6H3,(H2,20,21,23);1H. The van der Waals surface area contributed by atoms with E-state index in [9.17, 15) is 4.79 Å². The van der Waals surface area contributed by atoms with Crippen LogP contribution in [-0.4, -0.2) is 37.1 Å². The molecule has 0 aliphatic carbocycles. The predicted molar refractivity (Wildman–Crippen MR) is 128 cm³/mol. The highest BCUT2D eigenvalue weighted by molar-refractivity contribution is 14.0. The van der Waals surface area contributed by atoms with Crippen LogP contribution in [0.5, 0.6) is 0 Å². The molecule has 2 aromatic rings. The van der Waals surface area contributed by atoms with Crippen LogP contribution in [0.4, 0.5) is 0 Å². The van der Waals surface area contributed by atoms with Crippen LogP contribution in [0.3, 0.4) is 0 Å². The molecule has 0 fully saturated rings. The molecule has 156 valence electrons. The molecule has 0 aliphatic heterocycles. The number of ether oxygens (including phenoxy) is 1. The monoisotopic (exact) mass is 536 g/mol. The lowest BCUT2D eigenvalue weighted by Crippen LogP contribution is -2.44. The molecular weight excluding hydrogens is 507 g/mol. The number of nitrogens with one attached hydrogen (secondary N) is 2. The smallest absolute Gasteiger partial charge is 0.350 e. The summed E-state index contributed by atoms with van der Waals surface area (Å²) in [5.41, 5.74) is 0.702. The summed E-state index contributed by atoms with van der Waals surface area (Å²) in [4.78, 5) is 22.7. The summed E-state index contributed by atoms with van der Waals surface area (Å²) in [6.07, 6.45) is 0. The number of nitrogens with zero attached hydrogens (tertiary/aromatic N) is 2. The Morgan fingerprint density at radius 2 is 2.14 bits per heavy atom. The van der Waals surface area contributed by atoms with E-state index in [4.69, 9.17) is 4.74 Å². The predicted octanol–water partition coefficient (Wildman–Crippen LogP) is 4.51. The van der Waals surface area contributed by atoms with Gasteiger partial charge in [-0.2, -0.15) is 0 Å². The van der Waals surface area contributed by atoms with Crippen LogP contribution in [0.15, 0.2) is 22.5 Å². The summed E-state index contributed by atoms with van der Waals surface area (Å²) in [6, 6.07) is 4.15. The highest BCUT2D eigenvalue weighted by atomic mass is 127. The fourth-order valence-corrected chi connectivity index (χ4v) is 4.32. The number of guanidine groups is 1. The summed E-state index contributed by atoms with van der Waals surface area (Å²) < 4.78 is 5.09. The van der Waals surface area contributed by atoms with Crippen molar-refractivity contribution in [2.45, 2.75) is 46.1 Å². The van der Waals surface area contributed by atoms with Gasteiger partial charge in [-0.3, -0.25) is 4.99 Å². The number of hydrogen-bond donors (Lipinski definition) is 2. The van der Waals surface area contributed by atoms with Gasteiger partial charge in [-0.1, -0.05) is 19.9 Å². The second kappa shape index (κ2) is 11.1. The third-order valence-corrected chi connectivity index (χ3v) is 6.66. The molecule has 2 rings (SSSR count). The van der Waals surface area contributed by atoms with E-state index in [1.54, 1.807) is 25.3 Å². The van der Waals surface area contributed by atoms with Gasteiger partial charge in [-0.15, -0.1) is 46.7 Å². The Morgan fingerprint density at radius 1 is 1.43 bits per heavy atom. The number of rotatable bonds is 7. The molecule has 2 N–H and O–H groups in total. The Bertz CT molecular complexity index is 788. The number of thiophene rings is 1. The SMILES string of the molecule is CCOC(=O)c1sc(C(C)NC(=NC)NCC(C)(C)c2cccs2)nc1C.I. The van der Waals surface area contributed by atoms with Crippen LogP contribution in [0, 0.1) is 6.92 Å². The third kappa shape index (κ3) is 6.41. The van der Waals surface area contributed by atoms with Crippen molar-refractivity contribution in [2.75, 3.05) is 20.2 Å². The molecule has 9 heteroatoms. The Balaban J connectivity index is 0.00000392. The fraction of sp³-hybridized carbons (Fsp3) is 0.526. The molecule has 1 unspecified atom stereocenters. The topological polar surface area (TPSA) is 75.6 Å². The molecule has 0 saturated carbocycles. The van der Waals surface area contributed by atoms with Crippen molar-refractivity contribution in [3.63, 3.8) is 0 Å². The number of carbonyl (C=O) groups excluding carboxylic acids is 1. The van der Waals surface area contributed by atoms with Crippen molar-refractivity contribution in [1.29, 1.82) is 0 Å². The van der Waals surface area contributed by atoms with Gasteiger partial charge in [0.25, 0.3) is 0 Å². The first-order valence-corrected chi connectivity index (χ1v) is 10.6. The lowest BCUT2D eigenvalue weighted by Gasteiger charge is -2.25. The molecular formula is C19H29IN4O2S2. The molecule has 0 aliphatic rings. The van der Waals surface area contributed by atoms with Crippen LogP contribution < -0.4 is 10.6 Å². The zero-order chi connectivity index (χ0) is 20.0. The first-order valence-electron chi connectivity index (χ1n) is 8.94. The largest absolute Gasteiger partial charge is 0.462 e. The van der Waals surface area contributed by atoms with Crippen LogP contribution in [0.2, 0.25) is 0 Å². The first kappa shape index (κ1) is 24.8. The number of aliphatic imine (C=N–C) groups is 1. The molecule has 2 aromatic heterocycles. The van der Waals surface area contributed by atoms with Gasteiger partial charge in [0.2, 0.25) is 0 Å². The van der Waals surface area contributed by atoms with E-state index in [1.165, 1.54) is 16.2 Å². The molecule has 2 heterocycles. The maximum atomic E-state index is 12.0. The number of carbonyl (C=O) groups is 1. The van der Waals surface area contributed by atoms with Crippen LogP contribution in [0.1, 0.15) is 59.0 Å².